The largest absolute Gasteiger partial charge is 0.350 e. The van der Waals surface area contributed by atoms with Gasteiger partial charge in [0.05, 0.1) is 11.3 Å². The van der Waals surface area contributed by atoms with Crippen LogP contribution < -0.4 is 5.43 Å². The molecule has 18 heavy (non-hydrogen) atoms. The number of hydrogen-bond acceptors (Lipinski definition) is 3. The molecule has 0 aliphatic carbocycles. The first kappa shape index (κ1) is 13.3. The van der Waals surface area contributed by atoms with Gasteiger partial charge in [-0.2, -0.15) is 0 Å². The maximum Gasteiger partial charge on any atom is 0.193 e. The van der Waals surface area contributed by atoms with Gasteiger partial charge in [0.2, 0.25) is 0 Å². The van der Waals surface area contributed by atoms with Gasteiger partial charge in [-0.25, -0.2) is 8.42 Å². The maximum absolute atomic E-state index is 12.2. The fourth-order valence-corrected chi connectivity index (χ4v) is 3.03. The van der Waals surface area contributed by atoms with Crippen LogP contribution in [-0.2, 0) is 22.6 Å². The Morgan fingerprint density at radius 2 is 2.00 bits per heavy atom. The quantitative estimate of drug-likeness (QED) is 0.844. The van der Waals surface area contributed by atoms with Crippen molar-refractivity contribution in [2.24, 2.45) is 7.05 Å². The van der Waals surface area contributed by atoms with Crippen molar-refractivity contribution in [1.82, 2.24) is 4.57 Å². The number of pyridine rings is 1. The molecule has 0 aliphatic rings. The molecule has 2 rings (SSSR count). The van der Waals surface area contributed by atoms with E-state index in [4.69, 9.17) is 0 Å². The Balaban J connectivity index is 2.77. The molecule has 0 aliphatic heterocycles. The summed E-state index contributed by atoms with van der Waals surface area (Å²) in [6.45, 7) is 0. The van der Waals surface area contributed by atoms with E-state index < -0.39 is 9.84 Å². The van der Waals surface area contributed by atoms with Crippen molar-refractivity contribution < 1.29 is 8.42 Å². The number of halogens is 1. The van der Waals surface area contributed by atoms with Crippen molar-refractivity contribution in [3.05, 3.63) is 44.7 Å². The monoisotopic (exact) mass is 329 g/mol. The molecular formula is C12H12BrNO3S. The van der Waals surface area contributed by atoms with Crippen molar-refractivity contribution in [2.75, 3.05) is 6.26 Å². The zero-order valence-electron chi connectivity index (χ0n) is 9.97. The molecule has 1 aromatic heterocycles. The van der Waals surface area contributed by atoms with Gasteiger partial charge in [0.25, 0.3) is 0 Å². The summed E-state index contributed by atoms with van der Waals surface area (Å²) >= 11 is 3.35. The van der Waals surface area contributed by atoms with E-state index in [-0.39, 0.29) is 11.2 Å². The van der Waals surface area contributed by atoms with Gasteiger partial charge in [-0.05, 0) is 18.2 Å². The van der Waals surface area contributed by atoms with E-state index >= 15 is 0 Å². The van der Waals surface area contributed by atoms with Crippen LogP contribution in [0.2, 0.25) is 0 Å². The Bertz CT molecular complexity index is 778. The third-order valence-corrected chi connectivity index (χ3v) is 3.97. The first-order chi connectivity index (χ1) is 8.28. The lowest BCUT2D eigenvalue weighted by atomic mass is 10.1. The van der Waals surface area contributed by atoms with Crippen molar-refractivity contribution in [3.8, 4) is 0 Å². The zero-order chi connectivity index (χ0) is 13.5. The molecule has 0 radical (unpaired) electrons. The van der Waals surface area contributed by atoms with Crippen LogP contribution in [0, 0.1) is 0 Å². The number of rotatable bonds is 2. The second kappa shape index (κ2) is 4.51. The fraction of sp³-hybridized carbons (Fsp3) is 0.250. The second-order valence-electron chi connectivity index (χ2n) is 4.33. The molecule has 0 fully saturated rings. The molecule has 0 N–H and O–H groups in total. The van der Waals surface area contributed by atoms with Crippen LogP contribution in [0.25, 0.3) is 10.9 Å². The SMILES string of the molecule is Cn1cc(CS(C)(=O)=O)c(=O)c2ccc(Br)cc21. The van der Waals surface area contributed by atoms with Crippen molar-refractivity contribution in [1.29, 1.82) is 0 Å². The van der Waals surface area contributed by atoms with E-state index in [0.29, 0.717) is 10.9 Å². The number of sulfone groups is 1. The molecule has 1 heterocycles. The highest BCUT2D eigenvalue weighted by Crippen LogP contribution is 2.18. The molecule has 6 heteroatoms. The average Bonchev–Trinajstić information content (AvgIpc) is 2.23. The van der Waals surface area contributed by atoms with E-state index in [2.05, 4.69) is 15.9 Å². The Hall–Kier alpha value is -1.14. The Labute approximate surface area is 113 Å². The molecular weight excluding hydrogens is 318 g/mol. The smallest absolute Gasteiger partial charge is 0.193 e. The van der Waals surface area contributed by atoms with Crippen molar-refractivity contribution in [2.45, 2.75) is 5.75 Å². The minimum Gasteiger partial charge on any atom is -0.350 e. The summed E-state index contributed by atoms with van der Waals surface area (Å²) in [4.78, 5) is 12.2. The maximum atomic E-state index is 12.2. The van der Waals surface area contributed by atoms with Gasteiger partial charge in [0, 0.05) is 34.9 Å². The molecule has 0 saturated heterocycles. The van der Waals surface area contributed by atoms with E-state index in [1.54, 1.807) is 29.9 Å². The number of benzene rings is 1. The summed E-state index contributed by atoms with van der Waals surface area (Å²) in [6.07, 6.45) is 2.70. The topological polar surface area (TPSA) is 56.1 Å². The van der Waals surface area contributed by atoms with Gasteiger partial charge in [0.15, 0.2) is 15.3 Å². The van der Waals surface area contributed by atoms with Crippen LogP contribution in [0.15, 0.2) is 33.7 Å². The Morgan fingerprint density at radius 1 is 1.33 bits per heavy atom. The lowest BCUT2D eigenvalue weighted by molar-refractivity contribution is 0.601. The Kier molecular flexibility index (Phi) is 3.33. The summed E-state index contributed by atoms with van der Waals surface area (Å²) in [7, 11) is -1.42. The third-order valence-electron chi connectivity index (χ3n) is 2.64. The van der Waals surface area contributed by atoms with E-state index in [0.717, 1.165) is 16.2 Å². The zero-order valence-corrected chi connectivity index (χ0v) is 12.4. The van der Waals surface area contributed by atoms with Gasteiger partial charge >= 0.3 is 0 Å². The van der Waals surface area contributed by atoms with Crippen molar-refractivity contribution >= 4 is 36.7 Å². The number of nitrogens with zero attached hydrogens (tertiary/aromatic N) is 1. The van der Waals surface area contributed by atoms with E-state index in [1.807, 2.05) is 6.07 Å². The van der Waals surface area contributed by atoms with Crippen LogP contribution in [0.1, 0.15) is 5.56 Å². The van der Waals surface area contributed by atoms with E-state index in [1.165, 1.54) is 0 Å². The molecule has 0 spiro atoms. The van der Waals surface area contributed by atoms with Gasteiger partial charge in [0.1, 0.15) is 0 Å². The summed E-state index contributed by atoms with van der Waals surface area (Å²) < 4.78 is 25.2. The molecule has 0 atom stereocenters. The predicted molar refractivity (Wildman–Crippen MR) is 75.4 cm³/mol. The lowest BCUT2D eigenvalue weighted by Crippen LogP contribution is -2.16. The highest BCUT2D eigenvalue weighted by Gasteiger charge is 2.12. The lowest BCUT2D eigenvalue weighted by Gasteiger charge is -2.08. The number of aromatic nitrogens is 1. The van der Waals surface area contributed by atoms with Gasteiger partial charge in [-0.1, -0.05) is 15.9 Å². The summed E-state index contributed by atoms with van der Waals surface area (Å²) in [5.74, 6) is -0.230. The Morgan fingerprint density at radius 3 is 2.61 bits per heavy atom. The summed E-state index contributed by atoms with van der Waals surface area (Å²) in [5.41, 5.74) is 0.850. The first-order valence-corrected chi connectivity index (χ1v) is 8.09. The number of aryl methyl sites for hydroxylation is 1. The van der Waals surface area contributed by atoms with Gasteiger partial charge in [-0.15, -0.1) is 0 Å². The van der Waals surface area contributed by atoms with Crippen molar-refractivity contribution in [3.63, 3.8) is 0 Å². The summed E-state index contributed by atoms with van der Waals surface area (Å²) in [6, 6.07) is 5.31. The average molecular weight is 330 g/mol. The van der Waals surface area contributed by atoms with Crippen LogP contribution in [0.4, 0.5) is 0 Å². The second-order valence-corrected chi connectivity index (χ2v) is 7.38. The normalized spacial score (nSPS) is 11.9. The number of hydrogen-bond donors (Lipinski definition) is 0. The first-order valence-electron chi connectivity index (χ1n) is 5.23. The standard InChI is InChI=1S/C12H12BrNO3S/c1-14-6-8(7-18(2,16)17)12(15)10-4-3-9(13)5-11(10)14/h3-6H,7H2,1-2H3. The third kappa shape index (κ3) is 2.64. The number of fused-ring (bicyclic) bond motifs is 1. The summed E-state index contributed by atoms with van der Waals surface area (Å²) in [5, 5.41) is 0.529. The van der Waals surface area contributed by atoms with Crippen LogP contribution in [0.5, 0.6) is 0 Å². The molecule has 0 saturated carbocycles. The fourth-order valence-electron chi connectivity index (χ4n) is 1.91. The molecule has 4 nitrogen and oxygen atoms in total. The van der Waals surface area contributed by atoms with Gasteiger partial charge in [-0.3, -0.25) is 4.79 Å². The molecule has 1 aromatic carbocycles. The van der Waals surface area contributed by atoms with Crippen LogP contribution in [-0.4, -0.2) is 19.2 Å². The van der Waals surface area contributed by atoms with E-state index in [9.17, 15) is 13.2 Å². The minimum atomic E-state index is -3.22. The molecule has 0 amide bonds. The highest BCUT2D eigenvalue weighted by molar-refractivity contribution is 9.10. The molecule has 0 bridgehead atoms. The molecule has 2 aromatic rings. The van der Waals surface area contributed by atoms with Crippen LogP contribution >= 0.6 is 15.9 Å². The minimum absolute atomic E-state index is 0.221. The molecule has 0 unspecified atom stereocenters. The highest BCUT2D eigenvalue weighted by atomic mass is 79.9. The van der Waals surface area contributed by atoms with Crippen LogP contribution in [0.3, 0.4) is 0 Å². The predicted octanol–water partition coefficient (Wildman–Crippen LogP) is 1.85. The van der Waals surface area contributed by atoms with Gasteiger partial charge < -0.3 is 4.57 Å². The molecule has 96 valence electrons.